The van der Waals surface area contributed by atoms with E-state index < -0.39 is 0 Å². The third kappa shape index (κ3) is 2.39. The molecule has 1 unspecified atom stereocenters. The predicted molar refractivity (Wildman–Crippen MR) is 88.3 cm³/mol. The van der Waals surface area contributed by atoms with Crippen LogP contribution in [0, 0.1) is 0 Å². The first-order chi connectivity index (χ1) is 10.8. The third-order valence-corrected chi connectivity index (χ3v) is 4.86. The van der Waals surface area contributed by atoms with Gasteiger partial charge in [-0.2, -0.15) is 0 Å². The van der Waals surface area contributed by atoms with Crippen LogP contribution < -0.4 is 0 Å². The molecule has 1 aromatic carbocycles. The van der Waals surface area contributed by atoms with Gasteiger partial charge >= 0.3 is 0 Å². The summed E-state index contributed by atoms with van der Waals surface area (Å²) in [7, 11) is 1.98. The molecule has 1 atom stereocenters. The second-order valence-corrected chi connectivity index (χ2v) is 6.35. The minimum absolute atomic E-state index is 0.313. The lowest BCUT2D eigenvalue weighted by Gasteiger charge is -2.10. The van der Waals surface area contributed by atoms with Gasteiger partial charge in [0.25, 0.3) is 0 Å². The van der Waals surface area contributed by atoms with Crippen molar-refractivity contribution in [3.8, 4) is 11.5 Å². The normalized spacial score (nSPS) is 17.9. The van der Waals surface area contributed by atoms with E-state index in [1.54, 1.807) is 24.4 Å². The number of fused-ring (bicyclic) bond motifs is 1. The second kappa shape index (κ2) is 5.53. The maximum atomic E-state index is 4.91. The number of hydrogen-bond acceptors (Lipinski definition) is 5. The Labute approximate surface area is 132 Å². The zero-order chi connectivity index (χ0) is 14.9. The van der Waals surface area contributed by atoms with Crippen LogP contribution in [0.2, 0.25) is 0 Å². The summed E-state index contributed by atoms with van der Waals surface area (Å²) >= 11 is 1.79. The number of thioether (sulfide) groups is 1. The van der Waals surface area contributed by atoms with Crippen LogP contribution in [0.25, 0.3) is 11.5 Å². The SMILES string of the molecule is Cn1cnc2ncnc-2c1C1=NC(Cc2ccccc2)CS1. The van der Waals surface area contributed by atoms with Crippen LogP contribution >= 0.6 is 11.8 Å². The number of nitrogens with zero attached hydrogens (tertiary/aromatic N) is 5. The van der Waals surface area contributed by atoms with E-state index in [2.05, 4.69) is 39.2 Å². The Balaban J connectivity index is 1.64. The fourth-order valence-electron chi connectivity index (χ4n) is 2.68. The van der Waals surface area contributed by atoms with Crippen molar-refractivity contribution in [1.82, 2.24) is 19.5 Å². The zero-order valence-electron chi connectivity index (χ0n) is 12.2. The van der Waals surface area contributed by atoms with E-state index in [9.17, 15) is 0 Å². The van der Waals surface area contributed by atoms with Gasteiger partial charge < -0.3 is 4.57 Å². The molecule has 4 rings (SSSR count). The van der Waals surface area contributed by atoms with Crippen molar-refractivity contribution >= 4 is 16.8 Å². The average Bonchev–Trinajstić information content (AvgIpc) is 3.17. The Bertz CT molecular complexity index is 795. The van der Waals surface area contributed by atoms with Gasteiger partial charge in [0.2, 0.25) is 0 Å². The van der Waals surface area contributed by atoms with Gasteiger partial charge in [-0.15, -0.1) is 11.8 Å². The summed E-state index contributed by atoms with van der Waals surface area (Å²) in [6, 6.07) is 10.8. The van der Waals surface area contributed by atoms with Gasteiger partial charge in [0, 0.05) is 12.8 Å². The third-order valence-electron chi connectivity index (χ3n) is 3.74. The van der Waals surface area contributed by atoms with E-state index in [0.717, 1.165) is 28.6 Å². The van der Waals surface area contributed by atoms with Crippen molar-refractivity contribution in [2.24, 2.45) is 12.0 Å². The molecule has 3 heterocycles. The first-order valence-electron chi connectivity index (χ1n) is 7.18. The molecule has 0 saturated heterocycles. The average molecular weight is 309 g/mol. The summed E-state index contributed by atoms with van der Waals surface area (Å²) in [5, 5.41) is 1.04. The molecule has 0 radical (unpaired) electrons. The van der Waals surface area contributed by atoms with Crippen molar-refractivity contribution < 1.29 is 0 Å². The number of rotatable bonds is 3. The molecule has 0 aromatic heterocycles. The molecule has 1 aromatic rings. The fraction of sp³-hybridized carbons (Fsp3) is 0.250. The zero-order valence-corrected chi connectivity index (χ0v) is 13.0. The van der Waals surface area contributed by atoms with Gasteiger partial charge in [-0.05, 0) is 12.0 Å². The summed E-state index contributed by atoms with van der Waals surface area (Å²) in [6.45, 7) is 0. The lowest BCUT2D eigenvalue weighted by molar-refractivity contribution is 0.760. The minimum atomic E-state index is 0.313. The summed E-state index contributed by atoms with van der Waals surface area (Å²) in [4.78, 5) is 17.7. The Hall–Kier alpha value is -2.21. The van der Waals surface area contributed by atoms with Gasteiger partial charge in [-0.25, -0.2) is 15.0 Å². The smallest absolute Gasteiger partial charge is 0.183 e. The predicted octanol–water partition coefficient (Wildman–Crippen LogP) is 2.42. The Morgan fingerprint density at radius 2 is 2.05 bits per heavy atom. The molecule has 0 saturated carbocycles. The molecule has 0 aliphatic carbocycles. The van der Waals surface area contributed by atoms with E-state index in [4.69, 9.17) is 4.99 Å². The highest BCUT2D eigenvalue weighted by atomic mass is 32.2. The van der Waals surface area contributed by atoms with E-state index in [1.165, 1.54) is 5.56 Å². The largest absolute Gasteiger partial charge is 0.331 e. The highest BCUT2D eigenvalue weighted by molar-refractivity contribution is 8.14. The Kier molecular flexibility index (Phi) is 3.38. The number of benzene rings is 1. The van der Waals surface area contributed by atoms with Crippen molar-refractivity contribution in [1.29, 1.82) is 0 Å². The number of imidazole rings is 1. The molecule has 0 amide bonds. The molecule has 5 nitrogen and oxygen atoms in total. The van der Waals surface area contributed by atoms with E-state index >= 15 is 0 Å². The lowest BCUT2D eigenvalue weighted by Crippen LogP contribution is -2.11. The first-order valence-corrected chi connectivity index (χ1v) is 8.17. The molecular weight excluding hydrogens is 294 g/mol. The molecule has 0 bridgehead atoms. The van der Waals surface area contributed by atoms with Crippen LogP contribution in [0.4, 0.5) is 0 Å². The van der Waals surface area contributed by atoms with E-state index in [-0.39, 0.29) is 0 Å². The molecule has 6 heteroatoms. The molecule has 3 aliphatic heterocycles. The van der Waals surface area contributed by atoms with Crippen molar-refractivity contribution in [3.05, 3.63) is 54.2 Å². The van der Waals surface area contributed by atoms with Crippen LogP contribution in [0.3, 0.4) is 0 Å². The topological polar surface area (TPSA) is 56.0 Å². The van der Waals surface area contributed by atoms with Crippen molar-refractivity contribution in [2.45, 2.75) is 12.5 Å². The van der Waals surface area contributed by atoms with Crippen LogP contribution in [-0.2, 0) is 13.5 Å². The van der Waals surface area contributed by atoms with E-state index in [1.807, 2.05) is 17.7 Å². The molecule has 0 N–H and O–H groups in total. The highest BCUT2D eigenvalue weighted by Crippen LogP contribution is 2.29. The maximum absolute atomic E-state index is 4.91. The number of aliphatic imine (C=N–C) groups is 1. The van der Waals surface area contributed by atoms with Crippen molar-refractivity contribution in [3.63, 3.8) is 0 Å². The standard InChI is InChI=1S/C16H15N5S/c1-21-10-19-15-13(17-9-18-15)14(21)16-20-12(8-22-16)7-11-5-3-2-4-6-11/h2-6,9-10,12H,7-8H2,1H3. The minimum Gasteiger partial charge on any atom is -0.331 e. The van der Waals surface area contributed by atoms with Crippen LogP contribution in [0.1, 0.15) is 11.3 Å². The summed E-state index contributed by atoms with van der Waals surface area (Å²) in [6.07, 6.45) is 4.31. The molecule has 0 fully saturated rings. The van der Waals surface area contributed by atoms with Crippen LogP contribution in [-0.4, -0.2) is 36.4 Å². The van der Waals surface area contributed by atoms with Gasteiger partial charge in [0.15, 0.2) is 5.82 Å². The number of aromatic nitrogens is 4. The van der Waals surface area contributed by atoms with Gasteiger partial charge in [0.05, 0.1) is 12.4 Å². The second-order valence-electron chi connectivity index (χ2n) is 5.34. The molecule has 110 valence electrons. The summed E-state index contributed by atoms with van der Waals surface area (Å²) < 4.78 is 1.98. The summed E-state index contributed by atoms with van der Waals surface area (Å²) in [5.74, 6) is 1.69. The van der Waals surface area contributed by atoms with Crippen LogP contribution in [0.5, 0.6) is 0 Å². The molecule has 0 spiro atoms. The Morgan fingerprint density at radius 1 is 1.18 bits per heavy atom. The molecule has 3 aliphatic rings. The Morgan fingerprint density at radius 3 is 2.91 bits per heavy atom. The lowest BCUT2D eigenvalue weighted by atomic mass is 10.1. The van der Waals surface area contributed by atoms with Gasteiger partial charge in [-0.3, -0.25) is 4.99 Å². The number of aryl methyl sites for hydroxylation is 1. The van der Waals surface area contributed by atoms with Crippen molar-refractivity contribution in [2.75, 3.05) is 5.75 Å². The maximum Gasteiger partial charge on any atom is 0.183 e. The summed E-state index contributed by atoms with van der Waals surface area (Å²) in [5.41, 5.74) is 3.18. The first kappa shape index (κ1) is 13.5. The molecule has 22 heavy (non-hydrogen) atoms. The fourth-order valence-corrected chi connectivity index (χ4v) is 3.82. The highest BCUT2D eigenvalue weighted by Gasteiger charge is 2.26. The number of hydrogen-bond donors (Lipinski definition) is 0. The quantitative estimate of drug-likeness (QED) is 0.745. The van der Waals surface area contributed by atoms with Gasteiger partial charge in [0.1, 0.15) is 22.8 Å². The monoisotopic (exact) mass is 309 g/mol. The van der Waals surface area contributed by atoms with Gasteiger partial charge in [-0.1, -0.05) is 30.3 Å². The van der Waals surface area contributed by atoms with E-state index in [0.29, 0.717) is 11.9 Å². The van der Waals surface area contributed by atoms with Crippen LogP contribution in [0.15, 0.2) is 48.0 Å². The molecular formula is C16H15N5S.